The summed E-state index contributed by atoms with van der Waals surface area (Å²) >= 11 is 0. The van der Waals surface area contributed by atoms with Crippen LogP contribution in [0.1, 0.15) is 56.8 Å². The van der Waals surface area contributed by atoms with Gasteiger partial charge in [-0.2, -0.15) is 10.2 Å². The van der Waals surface area contributed by atoms with Gasteiger partial charge < -0.3 is 14.0 Å². The van der Waals surface area contributed by atoms with E-state index in [0.29, 0.717) is 23.0 Å². The molecule has 0 amide bonds. The molecule has 1 aromatic heterocycles. The van der Waals surface area contributed by atoms with Crippen LogP contribution in [0.25, 0.3) is 0 Å². The fourth-order valence-corrected chi connectivity index (χ4v) is 3.05. The van der Waals surface area contributed by atoms with Gasteiger partial charge in [-0.25, -0.2) is 0 Å². The van der Waals surface area contributed by atoms with Crippen LogP contribution in [-0.4, -0.2) is 17.3 Å². The molecule has 1 fully saturated rings. The van der Waals surface area contributed by atoms with Crippen molar-refractivity contribution in [3.8, 4) is 11.8 Å². The zero-order valence-corrected chi connectivity index (χ0v) is 14.2. The van der Waals surface area contributed by atoms with Crippen molar-refractivity contribution in [3.63, 3.8) is 0 Å². The third kappa shape index (κ3) is 3.00. The van der Waals surface area contributed by atoms with Crippen LogP contribution in [0.2, 0.25) is 0 Å². The summed E-state index contributed by atoms with van der Waals surface area (Å²) in [6.45, 7) is 3.74. The van der Waals surface area contributed by atoms with Crippen LogP contribution in [0.3, 0.4) is 0 Å². The zero-order chi connectivity index (χ0) is 17.2. The number of benzene rings is 1. The van der Waals surface area contributed by atoms with Crippen molar-refractivity contribution in [1.82, 2.24) is 10.1 Å². The molecule has 126 valence electrons. The zero-order valence-electron chi connectivity index (χ0n) is 14.2. The highest BCUT2D eigenvalue weighted by Crippen LogP contribution is 2.40. The SMILES string of the molecule is COC1(c2noc(C(C)(C)Oc3ccc(C#N)cc3)n2)CCCC1. The van der Waals surface area contributed by atoms with Gasteiger partial charge in [0.1, 0.15) is 11.4 Å². The Labute approximate surface area is 141 Å². The number of aromatic nitrogens is 2. The van der Waals surface area contributed by atoms with Gasteiger partial charge in [0, 0.05) is 7.11 Å². The molecule has 1 aliphatic carbocycles. The predicted octanol–water partition coefficient (Wildman–Crippen LogP) is 3.67. The van der Waals surface area contributed by atoms with E-state index in [1.165, 1.54) is 0 Å². The van der Waals surface area contributed by atoms with E-state index in [1.54, 1.807) is 31.4 Å². The molecule has 24 heavy (non-hydrogen) atoms. The van der Waals surface area contributed by atoms with Gasteiger partial charge in [0.2, 0.25) is 5.82 Å². The number of nitrogens with zero attached hydrogens (tertiary/aromatic N) is 3. The van der Waals surface area contributed by atoms with Crippen LogP contribution < -0.4 is 4.74 Å². The molecule has 0 atom stereocenters. The van der Waals surface area contributed by atoms with Gasteiger partial charge >= 0.3 is 0 Å². The largest absolute Gasteiger partial charge is 0.478 e. The summed E-state index contributed by atoms with van der Waals surface area (Å²) in [5.74, 6) is 1.64. The molecule has 0 radical (unpaired) electrons. The lowest BCUT2D eigenvalue weighted by atomic mass is 10.0. The maximum atomic E-state index is 8.86. The molecule has 1 aromatic carbocycles. The lowest BCUT2D eigenvalue weighted by Gasteiger charge is -2.24. The van der Waals surface area contributed by atoms with Gasteiger partial charge in [-0.05, 0) is 63.8 Å². The summed E-state index contributed by atoms with van der Waals surface area (Å²) in [5, 5.41) is 13.0. The molecule has 0 saturated heterocycles. The third-order valence-corrected chi connectivity index (χ3v) is 4.51. The van der Waals surface area contributed by atoms with Gasteiger partial charge in [-0.1, -0.05) is 5.16 Å². The Morgan fingerprint density at radius 3 is 2.46 bits per heavy atom. The molecule has 1 heterocycles. The highest BCUT2D eigenvalue weighted by atomic mass is 16.5. The Hall–Kier alpha value is -2.39. The molecule has 0 unspecified atom stereocenters. The average Bonchev–Trinajstić information content (AvgIpc) is 3.25. The Morgan fingerprint density at radius 2 is 1.88 bits per heavy atom. The first-order chi connectivity index (χ1) is 11.5. The molecule has 2 aromatic rings. The number of ether oxygens (including phenoxy) is 2. The second-order valence-electron chi connectivity index (χ2n) is 6.58. The molecular formula is C18H21N3O3. The van der Waals surface area contributed by atoms with Gasteiger partial charge in [0.15, 0.2) is 5.60 Å². The number of nitriles is 1. The van der Waals surface area contributed by atoms with Crippen molar-refractivity contribution >= 4 is 0 Å². The van der Waals surface area contributed by atoms with Gasteiger partial charge in [-0.3, -0.25) is 0 Å². The Balaban J connectivity index is 1.81. The average molecular weight is 327 g/mol. The quantitative estimate of drug-likeness (QED) is 0.833. The van der Waals surface area contributed by atoms with Crippen LogP contribution in [0.15, 0.2) is 28.8 Å². The maximum absolute atomic E-state index is 8.86. The summed E-state index contributed by atoms with van der Waals surface area (Å²) in [5.41, 5.74) is -0.636. The number of hydrogen-bond acceptors (Lipinski definition) is 6. The first-order valence-corrected chi connectivity index (χ1v) is 8.08. The van der Waals surface area contributed by atoms with Crippen LogP contribution in [0, 0.1) is 11.3 Å². The van der Waals surface area contributed by atoms with Crippen molar-refractivity contribution in [1.29, 1.82) is 5.26 Å². The van der Waals surface area contributed by atoms with E-state index in [0.717, 1.165) is 25.7 Å². The molecule has 3 rings (SSSR count). The van der Waals surface area contributed by atoms with Crippen LogP contribution in [0.4, 0.5) is 0 Å². The molecule has 1 aliphatic rings. The van der Waals surface area contributed by atoms with E-state index in [4.69, 9.17) is 19.3 Å². The van der Waals surface area contributed by atoms with E-state index >= 15 is 0 Å². The van der Waals surface area contributed by atoms with Crippen molar-refractivity contribution in [2.45, 2.75) is 50.7 Å². The number of methoxy groups -OCH3 is 1. The second kappa shape index (κ2) is 6.25. The van der Waals surface area contributed by atoms with E-state index in [9.17, 15) is 0 Å². The Kier molecular flexibility index (Phi) is 4.29. The van der Waals surface area contributed by atoms with Crippen molar-refractivity contribution in [2.24, 2.45) is 0 Å². The lowest BCUT2D eigenvalue weighted by Crippen LogP contribution is -2.28. The maximum Gasteiger partial charge on any atom is 0.270 e. The highest BCUT2D eigenvalue weighted by Gasteiger charge is 2.42. The van der Waals surface area contributed by atoms with E-state index in [2.05, 4.69) is 16.2 Å². The smallest absolute Gasteiger partial charge is 0.270 e. The van der Waals surface area contributed by atoms with Crippen molar-refractivity contribution in [2.75, 3.05) is 7.11 Å². The van der Waals surface area contributed by atoms with Crippen LogP contribution >= 0.6 is 0 Å². The number of hydrogen-bond donors (Lipinski definition) is 0. The first kappa shape index (κ1) is 16.5. The van der Waals surface area contributed by atoms with E-state index in [-0.39, 0.29) is 0 Å². The molecule has 0 spiro atoms. The fraction of sp³-hybridized carbons (Fsp3) is 0.500. The minimum Gasteiger partial charge on any atom is -0.478 e. The standard InChI is InChI=1S/C18H21N3O3/c1-17(2,23-14-8-6-13(12-19)7-9-14)16-20-15(21-24-16)18(22-3)10-4-5-11-18/h6-9H,4-5,10-11H2,1-3H3. The second-order valence-corrected chi connectivity index (χ2v) is 6.58. The van der Waals surface area contributed by atoms with Gasteiger partial charge in [0.05, 0.1) is 11.6 Å². The number of rotatable bonds is 5. The molecule has 6 heteroatoms. The minimum absolute atomic E-state index is 0.408. The van der Waals surface area contributed by atoms with E-state index in [1.807, 2.05) is 13.8 Å². The highest BCUT2D eigenvalue weighted by molar-refractivity contribution is 5.34. The van der Waals surface area contributed by atoms with Crippen molar-refractivity contribution < 1.29 is 14.0 Å². The van der Waals surface area contributed by atoms with Crippen molar-refractivity contribution in [3.05, 3.63) is 41.5 Å². The lowest BCUT2D eigenvalue weighted by molar-refractivity contribution is -0.0178. The Bertz CT molecular complexity index is 738. The first-order valence-electron chi connectivity index (χ1n) is 8.08. The Morgan fingerprint density at radius 1 is 1.21 bits per heavy atom. The predicted molar refractivity (Wildman–Crippen MR) is 86.3 cm³/mol. The molecule has 0 N–H and O–H groups in total. The summed E-state index contributed by atoms with van der Waals surface area (Å²) in [6.07, 6.45) is 4.00. The summed E-state index contributed by atoms with van der Waals surface area (Å²) in [4.78, 5) is 4.56. The fourth-order valence-electron chi connectivity index (χ4n) is 3.05. The molecular weight excluding hydrogens is 306 g/mol. The minimum atomic E-state index is -0.785. The molecule has 0 bridgehead atoms. The molecule has 6 nitrogen and oxygen atoms in total. The molecule has 1 saturated carbocycles. The van der Waals surface area contributed by atoms with E-state index < -0.39 is 11.2 Å². The van der Waals surface area contributed by atoms with Gasteiger partial charge in [0.25, 0.3) is 5.89 Å². The summed E-state index contributed by atoms with van der Waals surface area (Å²) < 4.78 is 17.1. The van der Waals surface area contributed by atoms with Gasteiger partial charge in [-0.15, -0.1) is 0 Å². The normalized spacial score (nSPS) is 16.8. The molecule has 0 aliphatic heterocycles. The monoisotopic (exact) mass is 327 g/mol. The van der Waals surface area contributed by atoms with Crippen LogP contribution in [0.5, 0.6) is 5.75 Å². The topological polar surface area (TPSA) is 81.2 Å². The summed E-state index contributed by atoms with van der Waals surface area (Å²) in [6, 6.07) is 9.02. The third-order valence-electron chi connectivity index (χ3n) is 4.51. The summed E-state index contributed by atoms with van der Waals surface area (Å²) in [7, 11) is 1.69. The van der Waals surface area contributed by atoms with Crippen LogP contribution in [-0.2, 0) is 15.9 Å².